The van der Waals surface area contributed by atoms with Gasteiger partial charge in [-0.25, -0.2) is 0 Å². The van der Waals surface area contributed by atoms with Gasteiger partial charge < -0.3 is 9.64 Å². The fourth-order valence-electron chi connectivity index (χ4n) is 2.16. The number of benzene rings is 1. The van der Waals surface area contributed by atoms with Crippen LogP contribution in [0.15, 0.2) is 30.3 Å². The average molecular weight is 247 g/mol. The molecule has 1 heterocycles. The maximum Gasteiger partial charge on any atom is 0.318 e. The molecule has 0 spiro atoms. The van der Waals surface area contributed by atoms with Crippen LogP contribution < -0.4 is 0 Å². The first-order valence-corrected chi connectivity index (χ1v) is 6.21. The van der Waals surface area contributed by atoms with E-state index in [1.807, 2.05) is 30.3 Å². The fraction of sp³-hybridized carbons (Fsp3) is 0.429. The first-order valence-electron chi connectivity index (χ1n) is 6.21. The standard InChI is InChI=1S/C14H17NO3/c1-2-18-14(17)12-8-9-15(13(12)16)10-11-6-4-3-5-7-11/h3-7,12H,2,8-10H2,1H3. The molecule has 96 valence electrons. The Labute approximate surface area is 107 Å². The lowest BCUT2D eigenvalue weighted by atomic mass is 10.1. The van der Waals surface area contributed by atoms with Crippen molar-refractivity contribution >= 4 is 11.9 Å². The molecule has 1 saturated heterocycles. The molecular weight excluding hydrogens is 230 g/mol. The molecule has 0 aliphatic carbocycles. The molecule has 0 bridgehead atoms. The lowest BCUT2D eigenvalue weighted by Gasteiger charge is -2.16. The largest absolute Gasteiger partial charge is 0.465 e. The van der Waals surface area contributed by atoms with Gasteiger partial charge in [0.2, 0.25) is 5.91 Å². The molecule has 18 heavy (non-hydrogen) atoms. The van der Waals surface area contributed by atoms with Crippen LogP contribution in [0.5, 0.6) is 0 Å². The summed E-state index contributed by atoms with van der Waals surface area (Å²) in [5.41, 5.74) is 1.08. The molecule has 1 atom stereocenters. The molecule has 1 aromatic carbocycles. The van der Waals surface area contributed by atoms with E-state index < -0.39 is 11.9 Å². The number of hydrogen-bond acceptors (Lipinski definition) is 3. The van der Waals surface area contributed by atoms with Crippen molar-refractivity contribution in [3.63, 3.8) is 0 Å². The van der Waals surface area contributed by atoms with E-state index >= 15 is 0 Å². The van der Waals surface area contributed by atoms with Crippen LogP contribution in [0, 0.1) is 5.92 Å². The minimum Gasteiger partial charge on any atom is -0.465 e. The number of likely N-dealkylation sites (tertiary alicyclic amines) is 1. The lowest BCUT2D eigenvalue weighted by Crippen LogP contribution is -2.30. The number of carbonyl (C=O) groups is 2. The quantitative estimate of drug-likeness (QED) is 0.599. The van der Waals surface area contributed by atoms with Gasteiger partial charge in [0, 0.05) is 13.1 Å². The van der Waals surface area contributed by atoms with Gasteiger partial charge in [0.05, 0.1) is 6.61 Å². The van der Waals surface area contributed by atoms with Gasteiger partial charge in [0.25, 0.3) is 0 Å². The van der Waals surface area contributed by atoms with Crippen LogP contribution in [0.25, 0.3) is 0 Å². The number of nitrogens with zero attached hydrogens (tertiary/aromatic N) is 1. The van der Waals surface area contributed by atoms with Crippen LogP contribution in [0.1, 0.15) is 18.9 Å². The molecular formula is C14H17NO3. The van der Waals surface area contributed by atoms with Crippen LogP contribution in [-0.4, -0.2) is 29.9 Å². The molecule has 2 rings (SSSR count). The molecule has 0 aromatic heterocycles. The highest BCUT2D eigenvalue weighted by atomic mass is 16.5. The van der Waals surface area contributed by atoms with E-state index in [0.29, 0.717) is 26.1 Å². The number of esters is 1. The van der Waals surface area contributed by atoms with Crippen molar-refractivity contribution in [2.75, 3.05) is 13.2 Å². The SMILES string of the molecule is CCOC(=O)C1CCN(Cc2ccccc2)C1=O. The number of carbonyl (C=O) groups excluding carboxylic acids is 2. The van der Waals surface area contributed by atoms with Crippen molar-refractivity contribution in [3.05, 3.63) is 35.9 Å². The summed E-state index contributed by atoms with van der Waals surface area (Å²) in [4.78, 5) is 25.4. The zero-order valence-electron chi connectivity index (χ0n) is 10.5. The van der Waals surface area contributed by atoms with Crippen LogP contribution in [0.2, 0.25) is 0 Å². The monoisotopic (exact) mass is 247 g/mol. The first kappa shape index (κ1) is 12.6. The van der Waals surface area contributed by atoms with Gasteiger partial charge in [0.15, 0.2) is 0 Å². The van der Waals surface area contributed by atoms with E-state index in [-0.39, 0.29) is 5.91 Å². The van der Waals surface area contributed by atoms with Crippen molar-refractivity contribution in [3.8, 4) is 0 Å². The van der Waals surface area contributed by atoms with Gasteiger partial charge in [-0.2, -0.15) is 0 Å². The second-order valence-electron chi connectivity index (χ2n) is 4.34. The zero-order valence-corrected chi connectivity index (χ0v) is 10.5. The molecule has 0 radical (unpaired) electrons. The summed E-state index contributed by atoms with van der Waals surface area (Å²) in [5.74, 6) is -1.11. The van der Waals surface area contributed by atoms with E-state index in [2.05, 4.69) is 0 Å². The summed E-state index contributed by atoms with van der Waals surface area (Å²) >= 11 is 0. The summed E-state index contributed by atoms with van der Waals surface area (Å²) in [6.45, 7) is 3.26. The van der Waals surface area contributed by atoms with Gasteiger partial charge in [0.1, 0.15) is 5.92 Å². The van der Waals surface area contributed by atoms with Crippen molar-refractivity contribution in [2.45, 2.75) is 19.9 Å². The third kappa shape index (κ3) is 2.70. The normalized spacial score (nSPS) is 19.1. The predicted molar refractivity (Wildman–Crippen MR) is 66.6 cm³/mol. The zero-order chi connectivity index (χ0) is 13.0. The maximum atomic E-state index is 12.1. The van der Waals surface area contributed by atoms with Gasteiger partial charge in [-0.3, -0.25) is 9.59 Å². The molecule has 4 heteroatoms. The Balaban J connectivity index is 1.97. The van der Waals surface area contributed by atoms with Gasteiger partial charge in [-0.15, -0.1) is 0 Å². The van der Waals surface area contributed by atoms with Gasteiger partial charge >= 0.3 is 5.97 Å². The van der Waals surface area contributed by atoms with E-state index in [1.165, 1.54) is 0 Å². The highest BCUT2D eigenvalue weighted by molar-refractivity contribution is 5.99. The van der Waals surface area contributed by atoms with E-state index in [1.54, 1.807) is 11.8 Å². The Kier molecular flexibility index (Phi) is 3.97. The second kappa shape index (κ2) is 5.67. The van der Waals surface area contributed by atoms with Crippen LogP contribution in [0.4, 0.5) is 0 Å². The van der Waals surface area contributed by atoms with Gasteiger partial charge in [-0.1, -0.05) is 30.3 Å². The van der Waals surface area contributed by atoms with Crippen molar-refractivity contribution in [1.29, 1.82) is 0 Å². The number of rotatable bonds is 4. The molecule has 0 N–H and O–H groups in total. The summed E-state index contributed by atoms with van der Waals surface area (Å²) in [7, 11) is 0. The summed E-state index contributed by atoms with van der Waals surface area (Å²) < 4.78 is 4.91. The fourth-order valence-corrected chi connectivity index (χ4v) is 2.16. The summed E-state index contributed by atoms with van der Waals surface area (Å²) in [6, 6.07) is 9.78. The lowest BCUT2D eigenvalue weighted by molar-refractivity contribution is -0.152. The molecule has 0 saturated carbocycles. The van der Waals surface area contributed by atoms with Crippen LogP contribution >= 0.6 is 0 Å². The van der Waals surface area contributed by atoms with Crippen molar-refractivity contribution in [1.82, 2.24) is 4.90 Å². The minimum atomic E-state index is -0.603. The third-order valence-corrected chi connectivity index (χ3v) is 3.08. The van der Waals surface area contributed by atoms with Crippen LogP contribution in [0.3, 0.4) is 0 Å². The van der Waals surface area contributed by atoms with E-state index in [4.69, 9.17) is 4.74 Å². The molecule has 4 nitrogen and oxygen atoms in total. The van der Waals surface area contributed by atoms with E-state index in [0.717, 1.165) is 5.56 Å². The Morgan fingerprint density at radius 1 is 1.39 bits per heavy atom. The smallest absolute Gasteiger partial charge is 0.318 e. The average Bonchev–Trinajstić information content (AvgIpc) is 2.73. The molecule has 1 fully saturated rings. The molecule has 1 aliphatic heterocycles. The predicted octanol–water partition coefficient (Wildman–Crippen LogP) is 1.60. The highest BCUT2D eigenvalue weighted by Gasteiger charge is 2.37. The minimum absolute atomic E-state index is 0.114. The Morgan fingerprint density at radius 3 is 2.78 bits per heavy atom. The number of amides is 1. The Morgan fingerprint density at radius 2 is 2.11 bits per heavy atom. The van der Waals surface area contributed by atoms with Crippen molar-refractivity contribution < 1.29 is 14.3 Å². The first-order chi connectivity index (χ1) is 8.72. The maximum absolute atomic E-state index is 12.1. The van der Waals surface area contributed by atoms with Gasteiger partial charge in [-0.05, 0) is 18.9 Å². The Hall–Kier alpha value is -1.84. The topological polar surface area (TPSA) is 46.6 Å². The van der Waals surface area contributed by atoms with E-state index in [9.17, 15) is 9.59 Å². The second-order valence-corrected chi connectivity index (χ2v) is 4.34. The summed E-state index contributed by atoms with van der Waals surface area (Å²) in [5, 5.41) is 0. The Bertz CT molecular complexity index is 430. The summed E-state index contributed by atoms with van der Waals surface area (Å²) in [6.07, 6.45) is 0.560. The van der Waals surface area contributed by atoms with Crippen LogP contribution in [-0.2, 0) is 20.9 Å². The molecule has 1 amide bonds. The molecule has 1 aliphatic rings. The highest BCUT2D eigenvalue weighted by Crippen LogP contribution is 2.21. The third-order valence-electron chi connectivity index (χ3n) is 3.08. The molecule has 1 unspecified atom stereocenters. The van der Waals surface area contributed by atoms with Crippen molar-refractivity contribution in [2.24, 2.45) is 5.92 Å². The number of ether oxygens (including phenoxy) is 1. The molecule has 1 aromatic rings. The number of hydrogen-bond donors (Lipinski definition) is 0.